The lowest BCUT2D eigenvalue weighted by Crippen LogP contribution is -2.40. The van der Waals surface area contributed by atoms with Crippen molar-refractivity contribution >= 4 is 5.69 Å². The predicted octanol–water partition coefficient (Wildman–Crippen LogP) is 2.16. The fraction of sp³-hybridized carbons (Fsp3) is 0.474. The van der Waals surface area contributed by atoms with Crippen molar-refractivity contribution in [3.05, 3.63) is 62.4 Å². The molecule has 0 fully saturated rings. The Kier molecular flexibility index (Phi) is 4.11. The molecule has 2 aromatic rings. The fourth-order valence-corrected chi connectivity index (χ4v) is 3.65. The van der Waals surface area contributed by atoms with Crippen molar-refractivity contribution < 1.29 is 0 Å². The second-order valence-electron chi connectivity index (χ2n) is 7.34. The summed E-state index contributed by atoms with van der Waals surface area (Å²) in [6, 6.07) is 8.45. The minimum Gasteiger partial charge on any atom is -0.367 e. The van der Waals surface area contributed by atoms with Gasteiger partial charge in [-0.25, -0.2) is 4.79 Å². The number of rotatable bonds is 2. The quantitative estimate of drug-likeness (QED) is 0.849. The lowest BCUT2D eigenvalue weighted by atomic mass is 9.80. The van der Waals surface area contributed by atoms with Crippen LogP contribution in [0, 0.1) is 0 Å². The van der Waals surface area contributed by atoms with E-state index < -0.39 is 0 Å². The van der Waals surface area contributed by atoms with E-state index in [-0.39, 0.29) is 16.7 Å². The second kappa shape index (κ2) is 5.96. The van der Waals surface area contributed by atoms with Crippen LogP contribution in [0.2, 0.25) is 0 Å². The van der Waals surface area contributed by atoms with E-state index >= 15 is 0 Å². The molecule has 128 valence electrons. The zero-order valence-corrected chi connectivity index (χ0v) is 14.9. The minimum atomic E-state index is -0.291. The van der Waals surface area contributed by atoms with Gasteiger partial charge in [-0.1, -0.05) is 32.0 Å². The first-order chi connectivity index (χ1) is 11.3. The van der Waals surface area contributed by atoms with Gasteiger partial charge in [0.2, 0.25) is 0 Å². The summed E-state index contributed by atoms with van der Waals surface area (Å²) in [5.74, 6) is 0. The lowest BCUT2D eigenvalue weighted by Gasteiger charge is -2.28. The molecule has 3 rings (SSSR count). The summed E-state index contributed by atoms with van der Waals surface area (Å²) in [6.07, 6.45) is 3.86. The van der Waals surface area contributed by atoms with Crippen molar-refractivity contribution in [3.8, 4) is 0 Å². The molecule has 1 aromatic carbocycles. The van der Waals surface area contributed by atoms with E-state index in [1.807, 2.05) is 6.07 Å². The van der Waals surface area contributed by atoms with Crippen LogP contribution in [0.5, 0.6) is 0 Å². The summed E-state index contributed by atoms with van der Waals surface area (Å²) in [7, 11) is 3.22. The summed E-state index contributed by atoms with van der Waals surface area (Å²) in [4.78, 5) is 26.6. The van der Waals surface area contributed by atoms with Gasteiger partial charge in [-0.3, -0.25) is 9.36 Å². The van der Waals surface area contributed by atoms with Crippen LogP contribution in [0.15, 0.2) is 40.1 Å². The van der Waals surface area contributed by atoms with Gasteiger partial charge < -0.3 is 9.47 Å². The van der Waals surface area contributed by atoms with E-state index in [0.717, 1.165) is 19.4 Å². The molecule has 0 N–H and O–H groups in total. The Morgan fingerprint density at radius 3 is 2.58 bits per heavy atom. The summed E-state index contributed by atoms with van der Waals surface area (Å²) in [5.41, 5.74) is 2.79. The summed E-state index contributed by atoms with van der Waals surface area (Å²) < 4.78 is 2.66. The van der Waals surface area contributed by atoms with E-state index in [0.29, 0.717) is 12.1 Å². The summed E-state index contributed by atoms with van der Waals surface area (Å²) in [6.45, 7) is 5.99. The van der Waals surface area contributed by atoms with Crippen molar-refractivity contribution in [1.29, 1.82) is 0 Å². The van der Waals surface area contributed by atoms with Crippen LogP contribution in [-0.2, 0) is 26.1 Å². The van der Waals surface area contributed by atoms with Crippen LogP contribution < -0.4 is 16.1 Å². The van der Waals surface area contributed by atoms with Gasteiger partial charge in [0.05, 0.1) is 5.56 Å². The molecule has 1 aliphatic rings. The Balaban J connectivity index is 2.05. The molecule has 0 radical (unpaired) electrons. The smallest absolute Gasteiger partial charge is 0.330 e. The number of fused-ring (bicyclic) bond motifs is 1. The molecular weight excluding hydrogens is 302 g/mol. The van der Waals surface area contributed by atoms with Gasteiger partial charge in [0, 0.05) is 39.1 Å². The maximum absolute atomic E-state index is 12.5. The second-order valence-corrected chi connectivity index (χ2v) is 7.34. The number of aryl methyl sites for hydroxylation is 1. The molecule has 1 aromatic heterocycles. The third-order valence-electron chi connectivity index (χ3n) is 5.08. The van der Waals surface area contributed by atoms with Crippen LogP contribution in [0.4, 0.5) is 5.69 Å². The van der Waals surface area contributed by atoms with Crippen molar-refractivity contribution in [1.82, 2.24) is 9.13 Å². The zero-order valence-electron chi connectivity index (χ0n) is 14.9. The highest BCUT2D eigenvalue weighted by molar-refractivity contribution is 5.57. The summed E-state index contributed by atoms with van der Waals surface area (Å²) in [5, 5.41) is 0. The Morgan fingerprint density at radius 2 is 1.83 bits per heavy atom. The molecule has 0 spiro atoms. The maximum atomic E-state index is 12.5. The molecular formula is C19H25N3O2. The van der Waals surface area contributed by atoms with Crippen LogP contribution in [-0.4, -0.2) is 15.7 Å². The van der Waals surface area contributed by atoms with Gasteiger partial charge in [-0.05, 0) is 29.9 Å². The molecule has 1 aliphatic heterocycles. The molecule has 0 saturated heterocycles. The fourth-order valence-electron chi connectivity index (χ4n) is 3.65. The van der Waals surface area contributed by atoms with Gasteiger partial charge in [0.25, 0.3) is 5.56 Å². The van der Waals surface area contributed by atoms with E-state index in [4.69, 9.17) is 0 Å². The monoisotopic (exact) mass is 327 g/mol. The van der Waals surface area contributed by atoms with Gasteiger partial charge in [-0.2, -0.15) is 0 Å². The molecule has 0 saturated carbocycles. The largest absolute Gasteiger partial charge is 0.367 e. The maximum Gasteiger partial charge on any atom is 0.330 e. The van der Waals surface area contributed by atoms with Crippen molar-refractivity contribution in [2.24, 2.45) is 14.1 Å². The van der Waals surface area contributed by atoms with E-state index in [9.17, 15) is 9.59 Å². The topological polar surface area (TPSA) is 47.2 Å². The van der Waals surface area contributed by atoms with E-state index in [2.05, 4.69) is 36.9 Å². The highest BCUT2D eigenvalue weighted by Crippen LogP contribution is 2.38. The predicted molar refractivity (Wildman–Crippen MR) is 96.7 cm³/mol. The van der Waals surface area contributed by atoms with Crippen molar-refractivity contribution in [2.75, 3.05) is 11.4 Å². The van der Waals surface area contributed by atoms with Gasteiger partial charge >= 0.3 is 5.69 Å². The number of hydrogen-bond donors (Lipinski definition) is 0. The number of hydrogen-bond acceptors (Lipinski definition) is 3. The molecule has 5 nitrogen and oxygen atoms in total. The standard InChI is InChI=1S/C19H25N3O2/c1-19(2)10-7-11-22(16-9-6-5-8-15(16)19)13-14-12-20(3)18(24)21(4)17(14)23/h5-6,8-9,12H,7,10-11,13H2,1-4H3. The number of para-hydroxylation sites is 1. The third-order valence-corrected chi connectivity index (χ3v) is 5.08. The Labute approximate surface area is 142 Å². The van der Waals surface area contributed by atoms with E-state index in [1.165, 1.54) is 27.4 Å². The average molecular weight is 327 g/mol. The van der Waals surface area contributed by atoms with Gasteiger partial charge in [0.1, 0.15) is 0 Å². The highest BCUT2D eigenvalue weighted by atomic mass is 16.2. The van der Waals surface area contributed by atoms with E-state index in [1.54, 1.807) is 13.2 Å². The number of nitrogens with zero attached hydrogens (tertiary/aromatic N) is 3. The third kappa shape index (κ3) is 2.79. The number of aromatic nitrogens is 2. The molecule has 0 atom stereocenters. The van der Waals surface area contributed by atoms with Crippen LogP contribution in [0.3, 0.4) is 0 Å². The zero-order chi connectivity index (χ0) is 17.5. The first-order valence-corrected chi connectivity index (χ1v) is 8.41. The molecule has 0 unspecified atom stereocenters. The summed E-state index contributed by atoms with van der Waals surface area (Å²) >= 11 is 0. The van der Waals surface area contributed by atoms with Crippen LogP contribution >= 0.6 is 0 Å². The lowest BCUT2D eigenvalue weighted by molar-refractivity contribution is 0.476. The first-order valence-electron chi connectivity index (χ1n) is 8.41. The van der Waals surface area contributed by atoms with Gasteiger partial charge in [-0.15, -0.1) is 0 Å². The molecule has 2 heterocycles. The molecule has 0 bridgehead atoms. The number of benzene rings is 1. The van der Waals surface area contributed by atoms with Crippen molar-refractivity contribution in [3.63, 3.8) is 0 Å². The first kappa shape index (κ1) is 16.6. The molecule has 0 amide bonds. The normalized spacial score (nSPS) is 16.6. The highest BCUT2D eigenvalue weighted by Gasteiger charge is 2.28. The van der Waals surface area contributed by atoms with Gasteiger partial charge in [0.15, 0.2) is 0 Å². The van der Waals surface area contributed by atoms with Crippen LogP contribution in [0.1, 0.15) is 37.8 Å². The minimum absolute atomic E-state index is 0.125. The van der Waals surface area contributed by atoms with Crippen LogP contribution in [0.25, 0.3) is 0 Å². The van der Waals surface area contributed by atoms with Crippen molar-refractivity contribution in [2.45, 2.75) is 38.6 Å². The Morgan fingerprint density at radius 1 is 1.12 bits per heavy atom. The molecule has 24 heavy (non-hydrogen) atoms. The number of anilines is 1. The Hall–Kier alpha value is -2.30. The molecule has 0 aliphatic carbocycles. The molecule has 5 heteroatoms. The Bertz CT molecular complexity index is 877. The SMILES string of the molecule is Cn1cc(CN2CCCC(C)(C)c3ccccc32)c(=O)n(C)c1=O. The average Bonchev–Trinajstić information content (AvgIpc) is 2.68.